The molecule has 5 heteroatoms. The van der Waals surface area contributed by atoms with Crippen molar-refractivity contribution in [3.63, 3.8) is 0 Å². The molecule has 0 aromatic carbocycles. The Hall–Kier alpha value is -1.52. The molecule has 0 spiro atoms. The number of anilines is 3. The first kappa shape index (κ1) is 7.15. The summed E-state index contributed by atoms with van der Waals surface area (Å²) in [6.07, 6.45) is 1.72. The SMILES string of the molecule is CN1CCNc2cnc(N)nc21. The van der Waals surface area contributed by atoms with Crippen molar-refractivity contribution in [2.45, 2.75) is 0 Å². The number of hydrogen-bond acceptors (Lipinski definition) is 5. The molecule has 1 aromatic rings. The van der Waals surface area contributed by atoms with Crippen molar-refractivity contribution in [3.05, 3.63) is 6.20 Å². The van der Waals surface area contributed by atoms with Gasteiger partial charge < -0.3 is 16.0 Å². The van der Waals surface area contributed by atoms with Gasteiger partial charge >= 0.3 is 0 Å². The van der Waals surface area contributed by atoms with Gasteiger partial charge in [0, 0.05) is 20.1 Å². The number of fused-ring (bicyclic) bond motifs is 1. The van der Waals surface area contributed by atoms with Crippen LogP contribution in [0.1, 0.15) is 0 Å². The molecule has 64 valence electrons. The maximum Gasteiger partial charge on any atom is 0.222 e. The molecule has 12 heavy (non-hydrogen) atoms. The quantitative estimate of drug-likeness (QED) is 0.563. The number of nitrogens with one attached hydrogen (secondary N) is 1. The van der Waals surface area contributed by atoms with Crippen LogP contribution in [0.4, 0.5) is 17.5 Å². The fraction of sp³-hybridized carbons (Fsp3) is 0.429. The molecule has 2 rings (SSSR count). The minimum atomic E-state index is 0.323. The van der Waals surface area contributed by atoms with Crippen molar-refractivity contribution in [2.75, 3.05) is 36.1 Å². The van der Waals surface area contributed by atoms with Crippen LogP contribution in [-0.2, 0) is 0 Å². The van der Waals surface area contributed by atoms with Gasteiger partial charge in [0.05, 0.1) is 11.9 Å². The van der Waals surface area contributed by atoms with Crippen LogP contribution >= 0.6 is 0 Å². The second-order valence-corrected chi connectivity index (χ2v) is 2.81. The Morgan fingerprint density at radius 2 is 2.50 bits per heavy atom. The number of hydrogen-bond donors (Lipinski definition) is 2. The van der Waals surface area contributed by atoms with E-state index in [4.69, 9.17) is 5.73 Å². The highest BCUT2D eigenvalue weighted by molar-refractivity contribution is 5.67. The van der Waals surface area contributed by atoms with E-state index in [1.54, 1.807) is 6.20 Å². The van der Waals surface area contributed by atoms with Gasteiger partial charge in [0.1, 0.15) is 0 Å². The topological polar surface area (TPSA) is 67.1 Å². The summed E-state index contributed by atoms with van der Waals surface area (Å²) >= 11 is 0. The second-order valence-electron chi connectivity index (χ2n) is 2.81. The van der Waals surface area contributed by atoms with E-state index < -0.39 is 0 Å². The number of nitrogens with two attached hydrogens (primary N) is 1. The van der Waals surface area contributed by atoms with Gasteiger partial charge in [0.15, 0.2) is 5.82 Å². The molecule has 0 radical (unpaired) electrons. The Balaban J connectivity index is 2.47. The van der Waals surface area contributed by atoms with E-state index in [0.717, 1.165) is 24.6 Å². The summed E-state index contributed by atoms with van der Waals surface area (Å²) in [4.78, 5) is 10.1. The third-order valence-electron chi connectivity index (χ3n) is 1.91. The highest BCUT2D eigenvalue weighted by Crippen LogP contribution is 2.24. The second kappa shape index (κ2) is 2.51. The maximum atomic E-state index is 5.47. The van der Waals surface area contributed by atoms with Crippen LogP contribution in [0.5, 0.6) is 0 Å². The largest absolute Gasteiger partial charge is 0.379 e. The Morgan fingerprint density at radius 3 is 3.33 bits per heavy atom. The summed E-state index contributed by atoms with van der Waals surface area (Å²) in [5, 5.41) is 3.20. The fourth-order valence-electron chi connectivity index (χ4n) is 1.27. The van der Waals surface area contributed by atoms with E-state index in [1.165, 1.54) is 0 Å². The average molecular weight is 165 g/mol. The summed E-state index contributed by atoms with van der Waals surface area (Å²) in [5.41, 5.74) is 6.42. The van der Waals surface area contributed by atoms with Gasteiger partial charge in [-0.25, -0.2) is 4.98 Å². The monoisotopic (exact) mass is 165 g/mol. The summed E-state index contributed by atoms with van der Waals surface area (Å²) in [5.74, 6) is 1.21. The molecular weight excluding hydrogens is 154 g/mol. The molecule has 0 fully saturated rings. The molecule has 0 unspecified atom stereocenters. The molecule has 1 aliphatic rings. The number of nitrogens with zero attached hydrogens (tertiary/aromatic N) is 3. The predicted molar refractivity (Wildman–Crippen MR) is 48.2 cm³/mol. The molecule has 1 aromatic heterocycles. The van der Waals surface area contributed by atoms with Crippen molar-refractivity contribution in [1.29, 1.82) is 0 Å². The lowest BCUT2D eigenvalue weighted by Crippen LogP contribution is -2.31. The lowest BCUT2D eigenvalue weighted by molar-refractivity contribution is 0.858. The minimum absolute atomic E-state index is 0.323. The number of likely N-dealkylation sites (N-methyl/N-ethyl adjacent to an activating group) is 1. The standard InChI is InChI=1S/C7H11N5/c1-12-3-2-9-5-4-10-7(8)11-6(5)12/h4,9H,2-3H2,1H3,(H2,8,10,11). The number of rotatable bonds is 0. The molecule has 5 nitrogen and oxygen atoms in total. The lowest BCUT2D eigenvalue weighted by Gasteiger charge is -2.26. The Labute approximate surface area is 70.6 Å². The summed E-state index contributed by atoms with van der Waals surface area (Å²) in [6.45, 7) is 1.88. The molecule has 0 amide bonds. The summed E-state index contributed by atoms with van der Waals surface area (Å²) in [6, 6.07) is 0. The Kier molecular flexibility index (Phi) is 1.49. The van der Waals surface area contributed by atoms with Gasteiger partial charge in [-0.1, -0.05) is 0 Å². The van der Waals surface area contributed by atoms with Crippen molar-refractivity contribution in [2.24, 2.45) is 0 Å². The van der Waals surface area contributed by atoms with E-state index >= 15 is 0 Å². The minimum Gasteiger partial charge on any atom is -0.379 e. The fourth-order valence-corrected chi connectivity index (χ4v) is 1.27. The lowest BCUT2D eigenvalue weighted by atomic mass is 10.3. The number of aromatic nitrogens is 2. The first-order valence-electron chi connectivity index (χ1n) is 3.85. The normalized spacial score (nSPS) is 15.2. The molecule has 0 bridgehead atoms. The van der Waals surface area contributed by atoms with Crippen LogP contribution in [0.2, 0.25) is 0 Å². The zero-order valence-corrected chi connectivity index (χ0v) is 6.91. The molecule has 0 atom stereocenters. The van der Waals surface area contributed by atoms with Gasteiger partial charge in [0.25, 0.3) is 0 Å². The zero-order valence-electron chi connectivity index (χ0n) is 6.91. The Bertz CT molecular complexity index is 298. The van der Waals surface area contributed by atoms with E-state index in [1.807, 2.05) is 7.05 Å². The van der Waals surface area contributed by atoms with Gasteiger partial charge in [-0.15, -0.1) is 0 Å². The average Bonchev–Trinajstić information content (AvgIpc) is 2.07. The summed E-state index contributed by atoms with van der Waals surface area (Å²) in [7, 11) is 1.99. The molecule has 2 heterocycles. The zero-order chi connectivity index (χ0) is 8.55. The molecular formula is C7H11N5. The van der Waals surface area contributed by atoms with Crippen LogP contribution in [0.15, 0.2) is 6.20 Å². The van der Waals surface area contributed by atoms with Gasteiger partial charge in [-0.05, 0) is 0 Å². The highest BCUT2D eigenvalue weighted by Gasteiger charge is 2.14. The van der Waals surface area contributed by atoms with Crippen molar-refractivity contribution in [1.82, 2.24) is 9.97 Å². The van der Waals surface area contributed by atoms with Crippen molar-refractivity contribution in [3.8, 4) is 0 Å². The van der Waals surface area contributed by atoms with Crippen LogP contribution in [-0.4, -0.2) is 30.1 Å². The van der Waals surface area contributed by atoms with Gasteiger partial charge in [-0.2, -0.15) is 4.98 Å². The van der Waals surface area contributed by atoms with Gasteiger partial charge in [0.2, 0.25) is 5.95 Å². The van der Waals surface area contributed by atoms with Crippen molar-refractivity contribution >= 4 is 17.5 Å². The van der Waals surface area contributed by atoms with E-state index in [2.05, 4.69) is 20.2 Å². The predicted octanol–water partition coefficient (Wildman–Crippen LogP) is -0.0795. The van der Waals surface area contributed by atoms with Gasteiger partial charge in [-0.3, -0.25) is 0 Å². The molecule has 0 aliphatic carbocycles. The number of nitrogen functional groups attached to an aromatic ring is 1. The molecule has 0 saturated heterocycles. The van der Waals surface area contributed by atoms with E-state index in [-0.39, 0.29) is 0 Å². The highest BCUT2D eigenvalue weighted by atomic mass is 15.2. The smallest absolute Gasteiger partial charge is 0.222 e. The van der Waals surface area contributed by atoms with Crippen molar-refractivity contribution < 1.29 is 0 Å². The van der Waals surface area contributed by atoms with E-state index in [9.17, 15) is 0 Å². The maximum absolute atomic E-state index is 5.47. The molecule has 0 saturated carbocycles. The molecule has 1 aliphatic heterocycles. The Morgan fingerprint density at radius 1 is 1.67 bits per heavy atom. The molecule has 3 N–H and O–H groups in total. The van der Waals surface area contributed by atoms with Crippen LogP contribution in [0.25, 0.3) is 0 Å². The van der Waals surface area contributed by atoms with E-state index in [0.29, 0.717) is 5.95 Å². The first-order valence-corrected chi connectivity index (χ1v) is 3.85. The third kappa shape index (κ3) is 1.03. The van der Waals surface area contributed by atoms with Crippen LogP contribution in [0.3, 0.4) is 0 Å². The first-order chi connectivity index (χ1) is 5.77. The third-order valence-corrected chi connectivity index (χ3v) is 1.91. The summed E-state index contributed by atoms with van der Waals surface area (Å²) < 4.78 is 0. The van der Waals surface area contributed by atoms with Crippen LogP contribution < -0.4 is 16.0 Å². The van der Waals surface area contributed by atoms with Crippen LogP contribution in [0, 0.1) is 0 Å².